The van der Waals surface area contributed by atoms with Crippen LogP contribution in [0.3, 0.4) is 0 Å². The first-order valence-corrected chi connectivity index (χ1v) is 6.57. The van der Waals surface area contributed by atoms with Gasteiger partial charge >= 0.3 is 0 Å². The van der Waals surface area contributed by atoms with Crippen molar-refractivity contribution in [2.45, 2.75) is 44.6 Å². The molecule has 0 bridgehead atoms. The standard InChI is InChI=1S/C13H23NO3/c14-7-4-10-15-8-1-2-9-16-12-6-13-5-3-11-17-13/h13H,1-6,8-12H2. The third kappa shape index (κ3) is 8.14. The molecule has 1 aliphatic rings. The molecule has 0 amide bonds. The van der Waals surface area contributed by atoms with E-state index in [1.54, 1.807) is 0 Å². The fourth-order valence-corrected chi connectivity index (χ4v) is 1.82. The van der Waals surface area contributed by atoms with Crippen LogP contribution in [0.4, 0.5) is 0 Å². The normalized spacial score (nSPS) is 19.4. The van der Waals surface area contributed by atoms with Crippen LogP contribution in [-0.2, 0) is 14.2 Å². The van der Waals surface area contributed by atoms with Gasteiger partial charge in [-0.25, -0.2) is 0 Å². The van der Waals surface area contributed by atoms with Gasteiger partial charge in [0, 0.05) is 26.4 Å². The minimum Gasteiger partial charge on any atom is -0.381 e. The van der Waals surface area contributed by atoms with Crippen LogP contribution in [-0.4, -0.2) is 39.1 Å². The molecule has 1 saturated heterocycles. The van der Waals surface area contributed by atoms with Crippen LogP contribution in [0.5, 0.6) is 0 Å². The SMILES string of the molecule is N#CCCOCCCCOCCC1CCCO1. The van der Waals surface area contributed by atoms with Crippen LogP contribution < -0.4 is 0 Å². The molecule has 1 rings (SSSR count). The summed E-state index contributed by atoms with van der Waals surface area (Å²) in [6.07, 6.45) is 6.37. The Kier molecular flexibility index (Phi) is 8.93. The van der Waals surface area contributed by atoms with E-state index >= 15 is 0 Å². The van der Waals surface area contributed by atoms with Crippen molar-refractivity contribution in [3.8, 4) is 6.07 Å². The molecule has 1 aliphatic heterocycles. The summed E-state index contributed by atoms with van der Waals surface area (Å²) in [7, 11) is 0. The number of unbranched alkanes of at least 4 members (excludes halogenated alkanes) is 1. The molecule has 1 atom stereocenters. The Bertz CT molecular complexity index is 209. The zero-order valence-corrected chi connectivity index (χ0v) is 10.5. The number of nitriles is 1. The number of hydrogen-bond donors (Lipinski definition) is 0. The maximum absolute atomic E-state index is 8.30. The first kappa shape index (κ1) is 14.4. The molecule has 0 aromatic rings. The lowest BCUT2D eigenvalue weighted by atomic mass is 10.2. The van der Waals surface area contributed by atoms with Crippen molar-refractivity contribution < 1.29 is 14.2 Å². The van der Waals surface area contributed by atoms with Crippen LogP contribution in [0, 0.1) is 11.3 Å². The van der Waals surface area contributed by atoms with E-state index in [-0.39, 0.29) is 0 Å². The lowest BCUT2D eigenvalue weighted by Crippen LogP contribution is -2.09. The van der Waals surface area contributed by atoms with Crippen molar-refractivity contribution in [1.82, 2.24) is 0 Å². The number of ether oxygens (including phenoxy) is 3. The number of hydrogen-bond acceptors (Lipinski definition) is 4. The van der Waals surface area contributed by atoms with Gasteiger partial charge in [0.25, 0.3) is 0 Å². The third-order valence-corrected chi connectivity index (χ3v) is 2.79. The summed E-state index contributed by atoms with van der Waals surface area (Å²) in [5.74, 6) is 0. The minimum absolute atomic E-state index is 0.435. The first-order valence-electron chi connectivity index (χ1n) is 6.57. The van der Waals surface area contributed by atoms with Gasteiger partial charge in [-0.3, -0.25) is 0 Å². The maximum Gasteiger partial charge on any atom is 0.0645 e. The molecule has 0 aromatic carbocycles. The second kappa shape index (κ2) is 10.5. The Labute approximate surface area is 104 Å². The predicted molar refractivity (Wildman–Crippen MR) is 64.7 cm³/mol. The van der Waals surface area contributed by atoms with Crippen LogP contribution in [0.15, 0.2) is 0 Å². The van der Waals surface area contributed by atoms with E-state index in [0.29, 0.717) is 19.1 Å². The minimum atomic E-state index is 0.435. The lowest BCUT2D eigenvalue weighted by Gasteiger charge is -2.09. The van der Waals surface area contributed by atoms with Crippen LogP contribution >= 0.6 is 0 Å². The largest absolute Gasteiger partial charge is 0.381 e. The molecule has 1 fully saturated rings. The molecule has 0 radical (unpaired) electrons. The van der Waals surface area contributed by atoms with Crippen LogP contribution in [0.2, 0.25) is 0 Å². The summed E-state index contributed by atoms with van der Waals surface area (Å²) < 4.78 is 16.3. The molecule has 1 unspecified atom stereocenters. The van der Waals surface area contributed by atoms with Crippen molar-refractivity contribution in [2.24, 2.45) is 0 Å². The van der Waals surface area contributed by atoms with E-state index in [1.165, 1.54) is 12.8 Å². The van der Waals surface area contributed by atoms with E-state index < -0.39 is 0 Å². The Balaban J connectivity index is 1.71. The lowest BCUT2D eigenvalue weighted by molar-refractivity contribution is 0.0552. The highest BCUT2D eigenvalue weighted by Gasteiger charge is 2.14. The summed E-state index contributed by atoms with van der Waals surface area (Å²) in [6, 6.07) is 2.05. The average Bonchev–Trinajstić information content (AvgIpc) is 2.85. The van der Waals surface area contributed by atoms with Crippen LogP contribution in [0.1, 0.15) is 38.5 Å². The fraction of sp³-hybridized carbons (Fsp3) is 0.923. The van der Waals surface area contributed by atoms with E-state index in [2.05, 4.69) is 6.07 Å². The van der Waals surface area contributed by atoms with E-state index in [0.717, 1.165) is 45.7 Å². The smallest absolute Gasteiger partial charge is 0.0645 e. The number of rotatable bonds is 10. The van der Waals surface area contributed by atoms with Gasteiger partial charge in [0.2, 0.25) is 0 Å². The van der Waals surface area contributed by atoms with Crippen molar-refractivity contribution in [2.75, 3.05) is 33.0 Å². The third-order valence-electron chi connectivity index (χ3n) is 2.79. The van der Waals surface area contributed by atoms with Gasteiger partial charge in [-0.1, -0.05) is 0 Å². The molecule has 4 nitrogen and oxygen atoms in total. The molecular formula is C13H23NO3. The van der Waals surface area contributed by atoms with Gasteiger partial charge in [-0.2, -0.15) is 5.26 Å². The highest BCUT2D eigenvalue weighted by atomic mass is 16.5. The average molecular weight is 241 g/mol. The van der Waals surface area contributed by atoms with Crippen molar-refractivity contribution in [3.05, 3.63) is 0 Å². The van der Waals surface area contributed by atoms with E-state index in [1.807, 2.05) is 0 Å². The van der Waals surface area contributed by atoms with Gasteiger partial charge < -0.3 is 14.2 Å². The van der Waals surface area contributed by atoms with Gasteiger partial charge in [0.15, 0.2) is 0 Å². The molecular weight excluding hydrogens is 218 g/mol. The van der Waals surface area contributed by atoms with Gasteiger partial charge in [0.1, 0.15) is 0 Å². The Morgan fingerprint density at radius 2 is 1.88 bits per heavy atom. The fourth-order valence-electron chi connectivity index (χ4n) is 1.82. The summed E-state index contributed by atoms with van der Waals surface area (Å²) in [5.41, 5.74) is 0. The Morgan fingerprint density at radius 1 is 1.12 bits per heavy atom. The highest BCUT2D eigenvalue weighted by molar-refractivity contribution is 4.67. The molecule has 0 saturated carbocycles. The monoisotopic (exact) mass is 241 g/mol. The molecule has 0 spiro atoms. The molecule has 4 heteroatoms. The zero-order chi connectivity index (χ0) is 12.2. The topological polar surface area (TPSA) is 51.5 Å². The van der Waals surface area contributed by atoms with E-state index in [9.17, 15) is 0 Å². The summed E-state index contributed by atoms with van der Waals surface area (Å²) >= 11 is 0. The summed E-state index contributed by atoms with van der Waals surface area (Å²) in [4.78, 5) is 0. The maximum atomic E-state index is 8.30. The predicted octanol–water partition coefficient (Wildman–Crippen LogP) is 2.28. The Morgan fingerprint density at radius 3 is 2.53 bits per heavy atom. The van der Waals surface area contributed by atoms with Gasteiger partial charge in [-0.05, 0) is 32.1 Å². The summed E-state index contributed by atoms with van der Waals surface area (Å²) in [5, 5.41) is 8.30. The second-order valence-corrected chi connectivity index (χ2v) is 4.26. The van der Waals surface area contributed by atoms with Gasteiger partial charge in [0.05, 0.1) is 25.2 Å². The molecule has 0 N–H and O–H groups in total. The molecule has 17 heavy (non-hydrogen) atoms. The quantitative estimate of drug-likeness (QED) is 0.551. The molecule has 1 heterocycles. The highest BCUT2D eigenvalue weighted by Crippen LogP contribution is 2.14. The number of nitrogens with zero attached hydrogens (tertiary/aromatic N) is 1. The van der Waals surface area contributed by atoms with Crippen LogP contribution in [0.25, 0.3) is 0 Å². The van der Waals surface area contributed by atoms with E-state index in [4.69, 9.17) is 19.5 Å². The molecule has 0 aromatic heterocycles. The zero-order valence-electron chi connectivity index (χ0n) is 10.5. The Hall–Kier alpha value is -0.630. The van der Waals surface area contributed by atoms with Crippen molar-refractivity contribution >= 4 is 0 Å². The first-order chi connectivity index (χ1) is 8.43. The summed E-state index contributed by atoms with van der Waals surface area (Å²) in [6.45, 7) is 3.81. The molecule has 98 valence electrons. The van der Waals surface area contributed by atoms with Gasteiger partial charge in [-0.15, -0.1) is 0 Å². The molecule has 0 aliphatic carbocycles. The van der Waals surface area contributed by atoms with Crippen molar-refractivity contribution in [3.63, 3.8) is 0 Å². The van der Waals surface area contributed by atoms with Crippen molar-refractivity contribution in [1.29, 1.82) is 5.26 Å². The second-order valence-electron chi connectivity index (χ2n) is 4.26.